The second kappa shape index (κ2) is 7.72. The van der Waals surface area contributed by atoms with Gasteiger partial charge in [0.2, 0.25) is 12.7 Å². The molecule has 0 bridgehead atoms. The van der Waals surface area contributed by atoms with Gasteiger partial charge in [-0.1, -0.05) is 0 Å². The summed E-state index contributed by atoms with van der Waals surface area (Å²) >= 11 is 0. The molecule has 0 spiro atoms. The molecule has 9 nitrogen and oxygen atoms in total. The van der Waals surface area contributed by atoms with Crippen LogP contribution in [0.5, 0.6) is 5.88 Å². The van der Waals surface area contributed by atoms with Crippen LogP contribution in [-0.4, -0.2) is 46.1 Å². The molecular weight excluding hydrogens is 412 g/mol. The van der Waals surface area contributed by atoms with Crippen molar-refractivity contribution in [2.45, 2.75) is 24.8 Å². The lowest BCUT2D eigenvalue weighted by Gasteiger charge is -2.36. The van der Waals surface area contributed by atoms with Gasteiger partial charge in [-0.3, -0.25) is 9.78 Å². The fraction of sp³-hybridized carbons (Fsp3) is 0.353. The fourth-order valence-electron chi connectivity index (χ4n) is 2.76. The van der Waals surface area contributed by atoms with Crippen molar-refractivity contribution in [1.82, 2.24) is 15.0 Å². The summed E-state index contributed by atoms with van der Waals surface area (Å²) in [5, 5.41) is 0. The normalized spacial score (nSPS) is 20.2. The summed E-state index contributed by atoms with van der Waals surface area (Å²) in [4.78, 5) is 27.4. The highest BCUT2D eigenvalue weighted by Gasteiger charge is 2.57. The van der Waals surface area contributed by atoms with E-state index in [9.17, 15) is 22.4 Å². The minimum absolute atomic E-state index is 0.0426. The number of ketones is 1. The van der Waals surface area contributed by atoms with Gasteiger partial charge in [-0.15, -0.1) is 0 Å². The predicted octanol–water partition coefficient (Wildman–Crippen LogP) is 1.52. The second-order valence-electron chi connectivity index (χ2n) is 6.44. The Labute approximate surface area is 167 Å². The molecule has 1 atom stereocenters. The molecule has 0 radical (unpaired) electrons. The summed E-state index contributed by atoms with van der Waals surface area (Å²) in [7, 11) is 0. The summed E-state index contributed by atoms with van der Waals surface area (Å²) < 4.78 is 64.5. The van der Waals surface area contributed by atoms with Crippen molar-refractivity contribution < 1.29 is 31.8 Å². The first-order chi connectivity index (χ1) is 14.1. The topological polar surface area (TPSA) is 139 Å². The Bertz CT molecular complexity index is 1020. The number of halogens is 4. The van der Waals surface area contributed by atoms with Crippen molar-refractivity contribution >= 4 is 17.6 Å². The molecule has 0 aromatic carbocycles. The number of pyridine rings is 1. The van der Waals surface area contributed by atoms with E-state index in [2.05, 4.69) is 29.4 Å². The smallest absolute Gasteiger partial charge is 0.311 e. The van der Waals surface area contributed by atoms with Crippen molar-refractivity contribution in [3.63, 3.8) is 0 Å². The molecule has 3 heterocycles. The minimum Gasteiger partial charge on any atom is -0.459 e. The zero-order chi connectivity index (χ0) is 22.1. The van der Waals surface area contributed by atoms with Gasteiger partial charge < -0.3 is 20.9 Å². The lowest BCUT2D eigenvalue weighted by Crippen LogP contribution is -2.51. The number of aliphatic imine (C=N–C) groups is 1. The number of rotatable bonds is 6. The van der Waals surface area contributed by atoms with E-state index in [0.717, 1.165) is 25.3 Å². The van der Waals surface area contributed by atoms with Crippen molar-refractivity contribution in [2.24, 2.45) is 10.7 Å². The maximum absolute atomic E-state index is 14.5. The summed E-state index contributed by atoms with van der Waals surface area (Å²) in [6.07, 6.45) is 0.542. The lowest BCUT2D eigenvalue weighted by molar-refractivity contribution is -0.118. The van der Waals surface area contributed by atoms with Gasteiger partial charge in [0, 0.05) is 5.69 Å². The van der Waals surface area contributed by atoms with E-state index in [1.165, 1.54) is 0 Å². The molecule has 0 unspecified atom stereocenters. The van der Waals surface area contributed by atoms with E-state index in [0.29, 0.717) is 0 Å². The van der Waals surface area contributed by atoms with E-state index in [1.54, 1.807) is 0 Å². The Balaban J connectivity index is 1.93. The molecule has 0 saturated carbocycles. The Morgan fingerprint density at radius 2 is 2.03 bits per heavy atom. The van der Waals surface area contributed by atoms with Crippen LogP contribution >= 0.6 is 0 Å². The highest BCUT2D eigenvalue weighted by Crippen LogP contribution is 2.43. The molecule has 3 rings (SSSR count). The molecule has 30 heavy (non-hydrogen) atoms. The zero-order valence-corrected chi connectivity index (χ0v) is 15.5. The summed E-state index contributed by atoms with van der Waals surface area (Å²) in [5.41, 5.74) is 7.57. The van der Waals surface area contributed by atoms with Crippen LogP contribution in [0.15, 0.2) is 23.3 Å². The summed E-state index contributed by atoms with van der Waals surface area (Å²) in [6, 6.07) is 1.50. The number of amidine groups is 1. The molecule has 160 valence electrons. The van der Waals surface area contributed by atoms with Crippen LogP contribution in [0.1, 0.15) is 28.8 Å². The highest BCUT2D eigenvalue weighted by atomic mass is 19.3. The lowest BCUT2D eigenvalue weighted by atomic mass is 9.88. The molecule has 0 saturated heterocycles. The third-order valence-electron chi connectivity index (χ3n) is 4.40. The maximum atomic E-state index is 14.5. The van der Waals surface area contributed by atoms with E-state index >= 15 is 0 Å². The fourth-order valence-corrected chi connectivity index (χ4v) is 2.76. The van der Waals surface area contributed by atoms with Crippen LogP contribution < -0.4 is 16.2 Å². The SMILES string of the molecule is C[C@]1(c2nc(CC(=O)c3ncc(OCF)nc3N)ccc2F)N=C(N)OCC1(F)F. The molecular formula is C17H16F4N6O3. The second-order valence-corrected chi connectivity index (χ2v) is 6.44. The molecule has 0 fully saturated rings. The molecule has 1 aliphatic heterocycles. The number of carbonyl (C=O) groups is 1. The van der Waals surface area contributed by atoms with E-state index in [1.807, 2.05) is 0 Å². The number of nitrogens with two attached hydrogens (primary N) is 2. The van der Waals surface area contributed by atoms with Crippen molar-refractivity contribution in [3.8, 4) is 5.88 Å². The van der Waals surface area contributed by atoms with Crippen molar-refractivity contribution in [2.75, 3.05) is 19.2 Å². The van der Waals surface area contributed by atoms with Crippen LogP contribution in [0.2, 0.25) is 0 Å². The number of nitrogen functional groups attached to an aromatic ring is 1. The van der Waals surface area contributed by atoms with Crippen molar-refractivity contribution in [3.05, 3.63) is 41.2 Å². The van der Waals surface area contributed by atoms with E-state index in [-0.39, 0.29) is 23.1 Å². The molecule has 1 aliphatic rings. The molecule has 0 aliphatic carbocycles. The Kier molecular flexibility index (Phi) is 5.46. The van der Waals surface area contributed by atoms with E-state index in [4.69, 9.17) is 11.5 Å². The van der Waals surface area contributed by atoms with Gasteiger partial charge in [0.15, 0.2) is 23.7 Å². The number of anilines is 1. The first-order valence-electron chi connectivity index (χ1n) is 8.43. The van der Waals surface area contributed by atoms with Gasteiger partial charge in [0.1, 0.15) is 17.2 Å². The standard InChI is InChI=1S/C17H16F4N6O3/c1-16(17(20,21)6-29-15(23)27-16)13-9(19)3-2-8(25-13)4-10(28)12-14(22)26-11(5-24-12)30-7-18/h2-3,5H,4,6-7H2,1H3,(H2,22,26)(H2,23,27)/t16-/m1/s1. The van der Waals surface area contributed by atoms with E-state index < -0.39 is 54.7 Å². The molecule has 2 aromatic rings. The number of nitrogens with zero attached hydrogens (tertiary/aromatic N) is 4. The number of alkyl halides is 3. The van der Waals surface area contributed by atoms with Crippen LogP contribution in [0.25, 0.3) is 0 Å². The number of hydrogen-bond acceptors (Lipinski definition) is 9. The monoisotopic (exact) mass is 428 g/mol. The van der Waals surface area contributed by atoms with Crippen LogP contribution in [-0.2, 0) is 16.7 Å². The van der Waals surface area contributed by atoms with Gasteiger partial charge in [-0.05, 0) is 19.1 Å². The first kappa shape index (κ1) is 21.2. The van der Waals surface area contributed by atoms with Crippen LogP contribution in [0.3, 0.4) is 0 Å². The molecule has 0 amide bonds. The Hall–Kier alpha value is -3.51. The number of aromatic nitrogens is 3. The Morgan fingerprint density at radius 1 is 1.30 bits per heavy atom. The van der Waals surface area contributed by atoms with Gasteiger partial charge >= 0.3 is 5.92 Å². The third-order valence-corrected chi connectivity index (χ3v) is 4.40. The number of hydrogen-bond donors (Lipinski definition) is 2. The maximum Gasteiger partial charge on any atom is 0.311 e. The number of ether oxygens (including phenoxy) is 2. The minimum atomic E-state index is -3.62. The van der Waals surface area contributed by atoms with Gasteiger partial charge in [0.05, 0.1) is 12.6 Å². The molecule has 2 aromatic heterocycles. The first-order valence-corrected chi connectivity index (χ1v) is 8.43. The van der Waals surface area contributed by atoms with Gasteiger partial charge in [0.25, 0.3) is 6.02 Å². The molecule has 4 N–H and O–H groups in total. The quantitative estimate of drug-likeness (QED) is 0.522. The summed E-state index contributed by atoms with van der Waals surface area (Å²) in [6.45, 7) is -1.31. The number of carbonyl (C=O) groups excluding carboxylic acids is 1. The summed E-state index contributed by atoms with van der Waals surface area (Å²) in [5.74, 6) is -5.90. The van der Waals surface area contributed by atoms with Gasteiger partial charge in [-0.2, -0.15) is 13.8 Å². The van der Waals surface area contributed by atoms with Crippen molar-refractivity contribution in [1.29, 1.82) is 0 Å². The van der Waals surface area contributed by atoms with Crippen LogP contribution in [0, 0.1) is 5.82 Å². The molecule has 13 heteroatoms. The average molecular weight is 428 g/mol. The largest absolute Gasteiger partial charge is 0.459 e. The van der Waals surface area contributed by atoms with Crippen LogP contribution in [0.4, 0.5) is 23.4 Å². The zero-order valence-electron chi connectivity index (χ0n) is 15.5. The average Bonchev–Trinajstić information content (AvgIpc) is 2.67. The predicted molar refractivity (Wildman–Crippen MR) is 95.2 cm³/mol. The van der Waals surface area contributed by atoms with Gasteiger partial charge in [-0.25, -0.2) is 18.8 Å². The highest BCUT2D eigenvalue weighted by molar-refractivity contribution is 5.99. The third kappa shape index (κ3) is 3.82. The number of Topliss-reactive ketones (excluding diaryl/α,β-unsaturated/α-hetero) is 1. The Morgan fingerprint density at radius 3 is 2.70 bits per heavy atom.